The molecule has 5 heteroatoms. The maximum atomic E-state index is 11.7. The fraction of sp³-hybridized carbons (Fsp3) is 0.231. The molecule has 0 spiro atoms. The van der Waals surface area contributed by atoms with E-state index in [0.717, 1.165) is 0 Å². The Morgan fingerprint density at radius 1 is 1.39 bits per heavy atom. The molecule has 0 aromatic heterocycles. The lowest BCUT2D eigenvalue weighted by Gasteiger charge is -2.05. The highest BCUT2D eigenvalue weighted by molar-refractivity contribution is 6.37. The van der Waals surface area contributed by atoms with Gasteiger partial charge in [0.15, 0.2) is 5.78 Å². The zero-order valence-corrected chi connectivity index (χ0v) is 11.3. The van der Waals surface area contributed by atoms with E-state index >= 15 is 0 Å². The smallest absolute Gasteiger partial charge is 0.330 e. The number of esters is 1. The van der Waals surface area contributed by atoms with Crippen molar-refractivity contribution in [2.45, 2.75) is 6.92 Å². The largest absolute Gasteiger partial charge is 0.463 e. The third-order valence-electron chi connectivity index (χ3n) is 2.13. The lowest BCUT2D eigenvalue weighted by Crippen LogP contribution is -2.04. The van der Waals surface area contributed by atoms with E-state index in [1.807, 2.05) is 0 Å². The SMILES string of the molecule is CCOC(=O)C=Cc1cccc(Cl)c1C(=O)CCl. The predicted molar refractivity (Wildman–Crippen MR) is 72.2 cm³/mol. The number of carbonyl (C=O) groups is 2. The standard InChI is InChI=1S/C13H12Cl2O3/c1-2-18-12(17)7-6-9-4-3-5-10(15)13(9)11(16)8-14/h3-7H,2,8H2,1H3. The van der Waals surface area contributed by atoms with Crippen molar-refractivity contribution in [3.05, 3.63) is 40.4 Å². The number of ketones is 1. The maximum absolute atomic E-state index is 11.7. The van der Waals surface area contributed by atoms with Crippen molar-refractivity contribution >= 4 is 41.0 Å². The van der Waals surface area contributed by atoms with Gasteiger partial charge in [-0.1, -0.05) is 23.7 Å². The van der Waals surface area contributed by atoms with E-state index in [9.17, 15) is 9.59 Å². The average Bonchev–Trinajstić information content (AvgIpc) is 2.36. The van der Waals surface area contributed by atoms with E-state index in [1.165, 1.54) is 12.2 Å². The molecule has 18 heavy (non-hydrogen) atoms. The first-order valence-corrected chi connectivity index (χ1v) is 6.24. The first kappa shape index (κ1) is 14.7. The van der Waals surface area contributed by atoms with E-state index < -0.39 is 5.97 Å². The van der Waals surface area contributed by atoms with Crippen LogP contribution in [0, 0.1) is 0 Å². The Morgan fingerprint density at radius 3 is 2.72 bits per heavy atom. The number of hydrogen-bond acceptors (Lipinski definition) is 3. The molecule has 3 nitrogen and oxygen atoms in total. The van der Waals surface area contributed by atoms with Crippen LogP contribution in [0.1, 0.15) is 22.8 Å². The van der Waals surface area contributed by atoms with Crippen molar-refractivity contribution < 1.29 is 14.3 Å². The van der Waals surface area contributed by atoms with Gasteiger partial charge in [0.2, 0.25) is 0 Å². The van der Waals surface area contributed by atoms with Crippen molar-refractivity contribution in [2.75, 3.05) is 12.5 Å². The summed E-state index contributed by atoms with van der Waals surface area (Å²) in [6.45, 7) is 2.01. The molecule has 0 atom stereocenters. The van der Waals surface area contributed by atoms with Crippen LogP contribution in [0.2, 0.25) is 5.02 Å². The number of alkyl halides is 1. The van der Waals surface area contributed by atoms with Crippen molar-refractivity contribution in [1.82, 2.24) is 0 Å². The van der Waals surface area contributed by atoms with Crippen molar-refractivity contribution in [2.24, 2.45) is 0 Å². The quantitative estimate of drug-likeness (QED) is 0.361. The number of rotatable bonds is 5. The fourth-order valence-corrected chi connectivity index (χ4v) is 1.81. The summed E-state index contributed by atoms with van der Waals surface area (Å²) in [7, 11) is 0. The fourth-order valence-electron chi connectivity index (χ4n) is 1.39. The van der Waals surface area contributed by atoms with Gasteiger partial charge in [0.25, 0.3) is 0 Å². The zero-order valence-electron chi connectivity index (χ0n) is 9.78. The molecule has 0 unspecified atom stereocenters. The summed E-state index contributed by atoms with van der Waals surface area (Å²) >= 11 is 11.5. The van der Waals surface area contributed by atoms with Gasteiger partial charge < -0.3 is 4.74 Å². The van der Waals surface area contributed by atoms with E-state index in [2.05, 4.69) is 0 Å². The van der Waals surface area contributed by atoms with Crippen LogP contribution in [0.25, 0.3) is 6.08 Å². The van der Waals surface area contributed by atoms with Crippen LogP contribution < -0.4 is 0 Å². The molecule has 1 aromatic carbocycles. The minimum absolute atomic E-state index is 0.163. The van der Waals surface area contributed by atoms with Crippen LogP contribution in [-0.2, 0) is 9.53 Å². The highest BCUT2D eigenvalue weighted by atomic mass is 35.5. The summed E-state index contributed by atoms with van der Waals surface area (Å²) in [4.78, 5) is 22.9. The summed E-state index contributed by atoms with van der Waals surface area (Å²) in [5.41, 5.74) is 0.857. The molecule has 0 aliphatic rings. The van der Waals surface area contributed by atoms with Crippen LogP contribution >= 0.6 is 23.2 Å². The predicted octanol–water partition coefficient (Wildman–Crippen LogP) is 3.34. The van der Waals surface area contributed by atoms with Crippen LogP contribution in [0.15, 0.2) is 24.3 Å². The molecule has 0 N–H and O–H groups in total. The maximum Gasteiger partial charge on any atom is 0.330 e. The molecule has 1 rings (SSSR count). The van der Waals surface area contributed by atoms with Gasteiger partial charge in [-0.25, -0.2) is 4.79 Å². The monoisotopic (exact) mass is 286 g/mol. The minimum atomic E-state index is -0.471. The van der Waals surface area contributed by atoms with Gasteiger partial charge in [-0.3, -0.25) is 4.79 Å². The van der Waals surface area contributed by atoms with Crippen LogP contribution in [0.4, 0.5) is 0 Å². The van der Waals surface area contributed by atoms with Gasteiger partial charge in [-0.15, -0.1) is 11.6 Å². The molecule has 0 saturated carbocycles. The molecule has 0 aliphatic heterocycles. The lowest BCUT2D eigenvalue weighted by atomic mass is 10.0. The van der Waals surface area contributed by atoms with E-state index in [-0.39, 0.29) is 11.7 Å². The Bertz CT molecular complexity index is 481. The first-order chi connectivity index (χ1) is 8.60. The number of ether oxygens (including phenoxy) is 1. The Kier molecular flexibility index (Phi) is 5.89. The number of benzene rings is 1. The number of Topliss-reactive ketones (excluding diaryl/α,β-unsaturated/α-hetero) is 1. The Labute approximate surface area is 115 Å². The molecule has 0 bridgehead atoms. The van der Waals surface area contributed by atoms with Gasteiger partial charge in [0.05, 0.1) is 17.5 Å². The summed E-state index contributed by atoms with van der Waals surface area (Å²) < 4.78 is 4.75. The Hall–Kier alpha value is -1.32. The zero-order chi connectivity index (χ0) is 13.5. The topological polar surface area (TPSA) is 43.4 Å². The summed E-state index contributed by atoms with van der Waals surface area (Å²) in [5, 5.41) is 0.312. The molecule has 0 amide bonds. The number of hydrogen-bond donors (Lipinski definition) is 0. The number of halogens is 2. The van der Waals surface area contributed by atoms with Crippen molar-refractivity contribution in [3.63, 3.8) is 0 Å². The van der Waals surface area contributed by atoms with E-state index in [4.69, 9.17) is 27.9 Å². The summed E-state index contributed by atoms with van der Waals surface area (Å²) in [5.74, 6) is -0.920. The first-order valence-electron chi connectivity index (χ1n) is 5.32. The van der Waals surface area contributed by atoms with E-state index in [0.29, 0.717) is 22.8 Å². The van der Waals surface area contributed by atoms with Crippen LogP contribution in [0.3, 0.4) is 0 Å². The highest BCUT2D eigenvalue weighted by Crippen LogP contribution is 2.22. The summed E-state index contributed by atoms with van der Waals surface area (Å²) in [6, 6.07) is 4.97. The molecule has 96 valence electrons. The lowest BCUT2D eigenvalue weighted by molar-refractivity contribution is -0.137. The molecule has 0 saturated heterocycles. The number of carbonyl (C=O) groups excluding carboxylic acids is 2. The van der Waals surface area contributed by atoms with Crippen LogP contribution in [-0.4, -0.2) is 24.2 Å². The van der Waals surface area contributed by atoms with Gasteiger partial charge in [0.1, 0.15) is 0 Å². The third-order valence-corrected chi connectivity index (χ3v) is 2.69. The van der Waals surface area contributed by atoms with Crippen molar-refractivity contribution in [3.8, 4) is 0 Å². The molecule has 0 radical (unpaired) electrons. The van der Waals surface area contributed by atoms with Crippen LogP contribution in [0.5, 0.6) is 0 Å². The molecule has 1 aromatic rings. The molecular weight excluding hydrogens is 275 g/mol. The van der Waals surface area contributed by atoms with E-state index in [1.54, 1.807) is 25.1 Å². The second kappa shape index (κ2) is 7.19. The normalized spacial score (nSPS) is 10.6. The molecule has 0 fully saturated rings. The van der Waals surface area contributed by atoms with Crippen molar-refractivity contribution in [1.29, 1.82) is 0 Å². The minimum Gasteiger partial charge on any atom is -0.463 e. The second-order valence-electron chi connectivity index (χ2n) is 3.35. The van der Waals surface area contributed by atoms with Gasteiger partial charge >= 0.3 is 5.97 Å². The Morgan fingerprint density at radius 2 is 2.11 bits per heavy atom. The Balaban J connectivity index is 3.05. The van der Waals surface area contributed by atoms with Gasteiger partial charge in [-0.05, 0) is 24.6 Å². The summed E-state index contributed by atoms with van der Waals surface area (Å²) in [6.07, 6.45) is 2.74. The third kappa shape index (κ3) is 3.86. The highest BCUT2D eigenvalue weighted by Gasteiger charge is 2.12. The molecular formula is C13H12Cl2O3. The van der Waals surface area contributed by atoms with Gasteiger partial charge in [-0.2, -0.15) is 0 Å². The van der Waals surface area contributed by atoms with Gasteiger partial charge in [0, 0.05) is 11.6 Å². The molecule has 0 aliphatic carbocycles. The second-order valence-corrected chi connectivity index (χ2v) is 4.02. The molecule has 0 heterocycles. The average molecular weight is 287 g/mol.